The van der Waals surface area contributed by atoms with E-state index in [1.807, 2.05) is 12.3 Å². The summed E-state index contributed by atoms with van der Waals surface area (Å²) in [6, 6.07) is 8.32. The van der Waals surface area contributed by atoms with Gasteiger partial charge in [-0.15, -0.1) is 0 Å². The zero-order valence-electron chi connectivity index (χ0n) is 8.61. The summed E-state index contributed by atoms with van der Waals surface area (Å²) in [5, 5.41) is 5.75. The Bertz CT molecular complexity index is 508. The molecule has 2 aliphatic rings. The van der Waals surface area contributed by atoms with E-state index in [0.717, 1.165) is 18.4 Å². The summed E-state index contributed by atoms with van der Waals surface area (Å²) in [6.45, 7) is 2.14. The fourth-order valence-electron chi connectivity index (χ4n) is 2.35. The lowest BCUT2D eigenvalue weighted by molar-refractivity contribution is 0.589. The molecule has 1 fully saturated rings. The second-order valence-electron chi connectivity index (χ2n) is 4.31. The van der Waals surface area contributed by atoms with Gasteiger partial charge in [-0.2, -0.15) is 0 Å². The van der Waals surface area contributed by atoms with E-state index in [2.05, 4.69) is 40.7 Å². The molecule has 76 valence electrons. The Hall–Kier alpha value is -1.41. The summed E-state index contributed by atoms with van der Waals surface area (Å²) in [4.78, 5) is 4.47. The maximum Gasteiger partial charge on any atom is 0.0698 e. The molecule has 0 aliphatic carbocycles. The molecule has 1 saturated heterocycles. The minimum Gasteiger partial charge on any atom is -0.316 e. The van der Waals surface area contributed by atoms with Crippen molar-refractivity contribution in [1.82, 2.24) is 5.32 Å². The minimum absolute atomic E-state index is 0.191. The number of nitrogens with zero attached hydrogens (tertiary/aromatic N) is 1. The highest BCUT2D eigenvalue weighted by Gasteiger charge is 2.28. The van der Waals surface area contributed by atoms with E-state index in [0.29, 0.717) is 0 Å². The molecule has 3 rings (SSSR count). The monoisotopic (exact) mass is 198 g/mol. The summed E-state index contributed by atoms with van der Waals surface area (Å²) in [5.74, 6) is 0. The number of hydrogen-bond acceptors (Lipinski definition) is 2. The molecule has 1 atom stereocenters. The lowest BCUT2D eigenvalue weighted by Crippen LogP contribution is -2.28. The van der Waals surface area contributed by atoms with Crippen LogP contribution in [-0.2, 0) is 0 Å². The molecule has 0 radical (unpaired) electrons. The summed E-state index contributed by atoms with van der Waals surface area (Å²) >= 11 is 0. The van der Waals surface area contributed by atoms with Crippen molar-refractivity contribution in [3.63, 3.8) is 0 Å². The number of fused-ring (bicyclic) bond motifs is 1. The van der Waals surface area contributed by atoms with Crippen molar-refractivity contribution in [1.29, 1.82) is 0 Å². The molecular formula is C13H14N2. The van der Waals surface area contributed by atoms with E-state index in [9.17, 15) is 0 Å². The van der Waals surface area contributed by atoms with E-state index < -0.39 is 0 Å². The van der Waals surface area contributed by atoms with Crippen LogP contribution in [0.5, 0.6) is 0 Å². The zero-order valence-corrected chi connectivity index (χ0v) is 8.61. The molecule has 2 heterocycles. The average molecular weight is 198 g/mol. The minimum atomic E-state index is 0.191. The van der Waals surface area contributed by atoms with Crippen LogP contribution >= 0.6 is 0 Å². The van der Waals surface area contributed by atoms with Gasteiger partial charge in [-0.25, -0.2) is 0 Å². The van der Waals surface area contributed by atoms with Crippen LogP contribution in [0.4, 0.5) is 0 Å². The Morgan fingerprint density at radius 3 is 3.07 bits per heavy atom. The molecule has 1 unspecified atom stereocenters. The van der Waals surface area contributed by atoms with Gasteiger partial charge in [-0.1, -0.05) is 30.4 Å². The second kappa shape index (κ2) is 3.31. The number of benzene rings is 1. The average Bonchev–Trinajstić information content (AvgIpc) is 2.61. The van der Waals surface area contributed by atoms with E-state index in [4.69, 9.17) is 0 Å². The Morgan fingerprint density at radius 1 is 1.27 bits per heavy atom. The van der Waals surface area contributed by atoms with Crippen molar-refractivity contribution in [3.05, 3.63) is 47.1 Å². The first-order valence-corrected chi connectivity index (χ1v) is 5.42. The predicted molar refractivity (Wildman–Crippen MR) is 60.7 cm³/mol. The first-order valence-electron chi connectivity index (χ1n) is 5.42. The number of para-hydroxylation sites is 1. The van der Waals surface area contributed by atoms with Crippen molar-refractivity contribution in [2.75, 3.05) is 13.1 Å². The summed E-state index contributed by atoms with van der Waals surface area (Å²) in [5.41, 5.74) is 0.191. The van der Waals surface area contributed by atoms with Crippen molar-refractivity contribution in [2.45, 2.75) is 6.42 Å². The Morgan fingerprint density at radius 2 is 2.20 bits per heavy atom. The third-order valence-corrected chi connectivity index (χ3v) is 3.22. The number of nitrogens with one attached hydrogen (secondary N) is 1. The molecular weight excluding hydrogens is 184 g/mol. The van der Waals surface area contributed by atoms with Crippen LogP contribution in [0.15, 0.2) is 41.5 Å². The van der Waals surface area contributed by atoms with Crippen LogP contribution in [-0.4, -0.2) is 13.1 Å². The van der Waals surface area contributed by atoms with Crippen LogP contribution < -0.4 is 15.9 Å². The molecule has 1 aromatic rings. The van der Waals surface area contributed by atoms with Gasteiger partial charge >= 0.3 is 0 Å². The Balaban J connectivity index is 2.23. The predicted octanol–water partition coefficient (Wildman–Crippen LogP) is 0.594. The van der Waals surface area contributed by atoms with Gasteiger partial charge in [0, 0.05) is 18.2 Å². The fourth-order valence-corrected chi connectivity index (χ4v) is 2.35. The van der Waals surface area contributed by atoms with Crippen LogP contribution in [0.1, 0.15) is 6.42 Å². The van der Waals surface area contributed by atoms with Gasteiger partial charge in [0.1, 0.15) is 0 Å². The van der Waals surface area contributed by atoms with Crippen molar-refractivity contribution >= 4 is 6.08 Å². The Kier molecular flexibility index (Phi) is 1.96. The second-order valence-corrected chi connectivity index (χ2v) is 4.31. The maximum absolute atomic E-state index is 4.47. The third kappa shape index (κ3) is 1.51. The maximum atomic E-state index is 4.47. The molecule has 1 N–H and O–H groups in total. The molecule has 15 heavy (non-hydrogen) atoms. The highest BCUT2D eigenvalue weighted by Crippen LogP contribution is 2.29. The Labute approximate surface area is 89.0 Å². The molecule has 0 amide bonds. The van der Waals surface area contributed by atoms with E-state index >= 15 is 0 Å². The summed E-state index contributed by atoms with van der Waals surface area (Å²) in [7, 11) is 0. The first kappa shape index (κ1) is 8.86. The highest BCUT2D eigenvalue weighted by molar-refractivity contribution is 5.40. The van der Waals surface area contributed by atoms with Crippen LogP contribution in [0, 0.1) is 5.41 Å². The van der Waals surface area contributed by atoms with Crippen molar-refractivity contribution in [2.24, 2.45) is 10.4 Å². The number of hydrogen-bond donors (Lipinski definition) is 1. The van der Waals surface area contributed by atoms with E-state index in [-0.39, 0.29) is 5.41 Å². The molecule has 2 nitrogen and oxygen atoms in total. The quantitative estimate of drug-likeness (QED) is 0.648. The van der Waals surface area contributed by atoms with Gasteiger partial charge in [0.15, 0.2) is 0 Å². The molecule has 1 spiro atoms. The van der Waals surface area contributed by atoms with Gasteiger partial charge < -0.3 is 5.32 Å². The van der Waals surface area contributed by atoms with Crippen LogP contribution in [0.25, 0.3) is 6.08 Å². The molecule has 2 aliphatic heterocycles. The largest absolute Gasteiger partial charge is 0.316 e. The lowest BCUT2D eigenvalue weighted by Gasteiger charge is -2.17. The zero-order chi connectivity index (χ0) is 10.1. The van der Waals surface area contributed by atoms with Gasteiger partial charge in [-0.05, 0) is 24.3 Å². The van der Waals surface area contributed by atoms with E-state index in [1.54, 1.807) is 0 Å². The SMILES string of the molecule is C1=CC2(C=c3ccccc3=N1)CCNC2. The van der Waals surface area contributed by atoms with Crippen molar-refractivity contribution in [3.8, 4) is 0 Å². The summed E-state index contributed by atoms with van der Waals surface area (Å²) < 4.78 is 0. The fraction of sp³-hybridized carbons (Fsp3) is 0.308. The van der Waals surface area contributed by atoms with Crippen LogP contribution in [0.2, 0.25) is 0 Å². The highest BCUT2D eigenvalue weighted by atomic mass is 14.9. The molecule has 0 saturated carbocycles. The standard InChI is InChI=1S/C13H14N2/c1-2-4-12-11(3-1)9-13(6-8-15-12)5-7-14-10-13/h1-4,6,8-9,14H,5,7,10H2. The normalized spacial score (nSPS) is 28.0. The summed E-state index contributed by atoms with van der Waals surface area (Å²) in [6.07, 6.45) is 7.71. The molecule has 0 bridgehead atoms. The van der Waals surface area contributed by atoms with Gasteiger partial charge in [0.05, 0.1) is 5.36 Å². The van der Waals surface area contributed by atoms with Gasteiger partial charge in [0.2, 0.25) is 0 Å². The van der Waals surface area contributed by atoms with E-state index in [1.165, 1.54) is 11.6 Å². The van der Waals surface area contributed by atoms with Crippen LogP contribution in [0.3, 0.4) is 0 Å². The molecule has 1 aromatic carbocycles. The number of rotatable bonds is 0. The smallest absolute Gasteiger partial charge is 0.0698 e. The molecule has 2 heteroatoms. The topological polar surface area (TPSA) is 24.4 Å². The first-order chi connectivity index (χ1) is 7.38. The van der Waals surface area contributed by atoms with Crippen molar-refractivity contribution < 1.29 is 0 Å². The molecule has 0 aromatic heterocycles. The lowest BCUT2D eigenvalue weighted by atomic mass is 9.86. The van der Waals surface area contributed by atoms with Gasteiger partial charge in [0.25, 0.3) is 0 Å². The third-order valence-electron chi connectivity index (χ3n) is 3.22. The van der Waals surface area contributed by atoms with Gasteiger partial charge in [-0.3, -0.25) is 4.99 Å².